The summed E-state index contributed by atoms with van der Waals surface area (Å²) in [4.78, 5) is 24.5. The van der Waals surface area contributed by atoms with Crippen LogP contribution >= 0.6 is 23.2 Å². The second-order valence-corrected chi connectivity index (χ2v) is 7.31. The lowest BCUT2D eigenvalue weighted by molar-refractivity contribution is 0.0729. The first-order valence-electron chi connectivity index (χ1n) is 9.12. The number of nitrogens with zero attached hydrogens (tertiary/aromatic N) is 1. The molecule has 31 heavy (non-hydrogen) atoms. The molecular weight excluding hydrogens is 439 g/mol. The number of aryl methyl sites for hydroxylation is 1. The predicted molar refractivity (Wildman–Crippen MR) is 121 cm³/mol. The summed E-state index contributed by atoms with van der Waals surface area (Å²) < 4.78 is 10.7. The van der Waals surface area contributed by atoms with Crippen molar-refractivity contribution in [1.29, 1.82) is 0 Å². The lowest BCUT2D eigenvalue weighted by atomic mass is 10.1. The second-order valence-electron chi connectivity index (χ2n) is 6.50. The van der Waals surface area contributed by atoms with E-state index in [1.807, 2.05) is 13.0 Å². The first-order chi connectivity index (χ1) is 14.9. The molecule has 0 atom stereocenters. The summed E-state index contributed by atoms with van der Waals surface area (Å²) in [5, 5.41) is 4.56. The largest absolute Gasteiger partial charge is 0.493 e. The molecule has 0 heterocycles. The Balaban J connectivity index is 1.69. The summed E-state index contributed by atoms with van der Waals surface area (Å²) in [5.74, 6) is -0.385. The number of esters is 1. The molecule has 1 amide bonds. The van der Waals surface area contributed by atoms with Crippen molar-refractivity contribution in [2.75, 3.05) is 7.11 Å². The molecule has 6 nitrogen and oxygen atoms in total. The van der Waals surface area contributed by atoms with Crippen LogP contribution in [0.5, 0.6) is 11.5 Å². The highest BCUT2D eigenvalue weighted by atomic mass is 35.5. The lowest BCUT2D eigenvalue weighted by Crippen LogP contribution is -2.17. The number of ether oxygens (including phenoxy) is 2. The van der Waals surface area contributed by atoms with Crippen molar-refractivity contribution in [1.82, 2.24) is 5.43 Å². The summed E-state index contributed by atoms with van der Waals surface area (Å²) >= 11 is 11.8. The quantitative estimate of drug-likeness (QED) is 0.236. The minimum absolute atomic E-state index is 0.222. The Labute approximate surface area is 189 Å². The van der Waals surface area contributed by atoms with E-state index >= 15 is 0 Å². The van der Waals surface area contributed by atoms with Crippen LogP contribution in [-0.2, 0) is 0 Å². The van der Waals surface area contributed by atoms with E-state index in [-0.39, 0.29) is 22.2 Å². The van der Waals surface area contributed by atoms with E-state index in [1.54, 1.807) is 36.4 Å². The number of hydrazone groups is 1. The molecular formula is C23H18Cl2N2O4. The zero-order valence-corrected chi connectivity index (χ0v) is 18.2. The van der Waals surface area contributed by atoms with Crippen LogP contribution in [0, 0.1) is 6.92 Å². The van der Waals surface area contributed by atoms with Gasteiger partial charge in [0.25, 0.3) is 5.91 Å². The van der Waals surface area contributed by atoms with Gasteiger partial charge < -0.3 is 9.47 Å². The summed E-state index contributed by atoms with van der Waals surface area (Å²) in [5.41, 5.74) is 4.85. The van der Waals surface area contributed by atoms with Crippen LogP contribution in [0.25, 0.3) is 0 Å². The lowest BCUT2D eigenvalue weighted by Gasteiger charge is -2.10. The Morgan fingerprint density at radius 2 is 1.74 bits per heavy atom. The number of rotatable bonds is 6. The summed E-state index contributed by atoms with van der Waals surface area (Å²) in [7, 11) is 1.45. The van der Waals surface area contributed by atoms with Crippen LogP contribution in [0.15, 0.2) is 65.8 Å². The fraction of sp³-hybridized carbons (Fsp3) is 0.0870. The molecule has 0 radical (unpaired) electrons. The van der Waals surface area contributed by atoms with Crippen LogP contribution in [-0.4, -0.2) is 25.2 Å². The van der Waals surface area contributed by atoms with Crippen LogP contribution in [0.3, 0.4) is 0 Å². The molecule has 0 aliphatic heterocycles. The van der Waals surface area contributed by atoms with Crippen molar-refractivity contribution in [3.63, 3.8) is 0 Å². The highest BCUT2D eigenvalue weighted by Crippen LogP contribution is 2.29. The maximum atomic E-state index is 12.4. The molecule has 0 aliphatic carbocycles. The average molecular weight is 457 g/mol. The topological polar surface area (TPSA) is 77.0 Å². The maximum Gasteiger partial charge on any atom is 0.343 e. The van der Waals surface area contributed by atoms with E-state index in [0.717, 1.165) is 5.56 Å². The molecule has 0 saturated heterocycles. The third-order valence-electron chi connectivity index (χ3n) is 4.21. The van der Waals surface area contributed by atoms with Crippen molar-refractivity contribution < 1.29 is 19.1 Å². The zero-order chi connectivity index (χ0) is 22.4. The number of benzene rings is 3. The predicted octanol–water partition coefficient (Wildman–Crippen LogP) is 5.29. The normalized spacial score (nSPS) is 10.7. The van der Waals surface area contributed by atoms with Gasteiger partial charge in [-0.15, -0.1) is 0 Å². The summed E-state index contributed by atoms with van der Waals surface area (Å²) in [6, 6.07) is 16.5. The van der Waals surface area contributed by atoms with Crippen molar-refractivity contribution >= 4 is 41.3 Å². The van der Waals surface area contributed by atoms with Gasteiger partial charge in [-0.1, -0.05) is 40.9 Å². The number of carbonyl (C=O) groups is 2. The molecule has 0 aliphatic rings. The first-order valence-corrected chi connectivity index (χ1v) is 9.88. The fourth-order valence-corrected chi connectivity index (χ4v) is 2.95. The smallest absolute Gasteiger partial charge is 0.343 e. The third-order valence-corrected chi connectivity index (χ3v) is 4.94. The van der Waals surface area contributed by atoms with Crippen LogP contribution < -0.4 is 14.9 Å². The Bertz CT molecular complexity index is 1160. The standard InChI is InChI=1S/C23H18Cl2N2O4/c1-14-4-3-5-16(10-14)22(28)27-26-13-15-6-9-20(21(11-15)30-2)31-23(29)17-7-8-18(24)19(25)12-17/h3-13H,1-2H3,(H,27,28)/b26-13+. The maximum absolute atomic E-state index is 12.4. The van der Waals surface area contributed by atoms with Crippen LogP contribution in [0.1, 0.15) is 31.8 Å². The molecule has 158 valence electrons. The zero-order valence-electron chi connectivity index (χ0n) is 16.7. The molecule has 8 heteroatoms. The Hall–Kier alpha value is -3.35. The summed E-state index contributed by atoms with van der Waals surface area (Å²) in [6.45, 7) is 1.90. The fourth-order valence-electron chi connectivity index (χ4n) is 2.65. The SMILES string of the molecule is COc1cc(/C=N/NC(=O)c2cccc(C)c2)ccc1OC(=O)c1ccc(Cl)c(Cl)c1. The molecule has 0 spiro atoms. The van der Waals surface area contributed by atoms with Gasteiger partial charge in [-0.3, -0.25) is 4.79 Å². The first kappa shape index (κ1) is 22.3. The minimum Gasteiger partial charge on any atom is -0.493 e. The second kappa shape index (κ2) is 10.1. The van der Waals surface area contributed by atoms with Crippen molar-refractivity contribution in [3.05, 3.63) is 93.0 Å². The van der Waals surface area contributed by atoms with E-state index in [1.165, 1.54) is 31.5 Å². The number of amides is 1. The molecule has 3 rings (SSSR count). The number of halogens is 2. The van der Waals surface area contributed by atoms with Crippen LogP contribution in [0.2, 0.25) is 10.0 Å². The Kier molecular flexibility index (Phi) is 7.28. The van der Waals surface area contributed by atoms with E-state index in [2.05, 4.69) is 10.5 Å². The number of carbonyl (C=O) groups excluding carboxylic acids is 2. The van der Waals surface area contributed by atoms with E-state index in [9.17, 15) is 9.59 Å². The van der Waals surface area contributed by atoms with Crippen molar-refractivity contribution in [2.24, 2.45) is 5.10 Å². The molecule has 0 saturated carbocycles. The minimum atomic E-state index is -0.608. The molecule has 0 fully saturated rings. The van der Waals surface area contributed by atoms with Gasteiger partial charge in [0.1, 0.15) is 0 Å². The molecule has 3 aromatic rings. The Morgan fingerprint density at radius 3 is 2.45 bits per heavy atom. The van der Waals surface area contributed by atoms with Crippen LogP contribution in [0.4, 0.5) is 0 Å². The summed E-state index contributed by atoms with van der Waals surface area (Å²) in [6.07, 6.45) is 1.46. The highest BCUT2D eigenvalue weighted by Gasteiger charge is 2.14. The van der Waals surface area contributed by atoms with Gasteiger partial charge in [-0.05, 0) is 61.0 Å². The van der Waals surface area contributed by atoms with E-state index in [0.29, 0.717) is 21.9 Å². The van der Waals surface area contributed by atoms with Gasteiger partial charge in [0.2, 0.25) is 0 Å². The van der Waals surface area contributed by atoms with Gasteiger partial charge in [-0.2, -0.15) is 5.10 Å². The average Bonchev–Trinajstić information content (AvgIpc) is 2.76. The number of methoxy groups -OCH3 is 1. The van der Waals surface area contributed by atoms with E-state index in [4.69, 9.17) is 32.7 Å². The van der Waals surface area contributed by atoms with Gasteiger partial charge in [0.15, 0.2) is 11.5 Å². The molecule has 0 unspecified atom stereocenters. The van der Waals surface area contributed by atoms with E-state index < -0.39 is 5.97 Å². The molecule has 3 aromatic carbocycles. The number of hydrogen-bond donors (Lipinski definition) is 1. The van der Waals surface area contributed by atoms with Gasteiger partial charge >= 0.3 is 5.97 Å². The molecule has 0 aromatic heterocycles. The monoisotopic (exact) mass is 456 g/mol. The van der Waals surface area contributed by atoms with Crippen molar-refractivity contribution in [3.8, 4) is 11.5 Å². The molecule has 0 bridgehead atoms. The van der Waals surface area contributed by atoms with Gasteiger partial charge in [0, 0.05) is 5.56 Å². The Morgan fingerprint density at radius 1 is 0.935 bits per heavy atom. The van der Waals surface area contributed by atoms with Gasteiger partial charge in [-0.25, -0.2) is 10.2 Å². The van der Waals surface area contributed by atoms with Crippen molar-refractivity contribution in [2.45, 2.75) is 6.92 Å². The highest BCUT2D eigenvalue weighted by molar-refractivity contribution is 6.42. The number of hydrogen-bond acceptors (Lipinski definition) is 5. The number of nitrogens with one attached hydrogen (secondary N) is 1. The van der Waals surface area contributed by atoms with Gasteiger partial charge in [0.05, 0.1) is 28.9 Å². The molecule has 1 N–H and O–H groups in total. The third kappa shape index (κ3) is 5.84.